The molecule has 2 aromatic rings. The summed E-state index contributed by atoms with van der Waals surface area (Å²) in [6.07, 6.45) is 2.46. The molecule has 0 aliphatic heterocycles. The van der Waals surface area contributed by atoms with Crippen molar-refractivity contribution in [2.24, 2.45) is 5.92 Å². The fourth-order valence-corrected chi connectivity index (χ4v) is 2.75. The number of carbonyl (C=O) groups is 1. The first-order valence-corrected chi connectivity index (χ1v) is 7.46. The minimum atomic E-state index is -0.00310. The summed E-state index contributed by atoms with van der Waals surface area (Å²) in [5.41, 5.74) is 2.30. The van der Waals surface area contributed by atoms with Crippen LogP contribution in [0.15, 0.2) is 30.3 Å². The summed E-state index contributed by atoms with van der Waals surface area (Å²) in [5.74, 6) is 0.653. The number of carbonyl (C=O) groups excluding carboxylic acids is 1. The van der Waals surface area contributed by atoms with Crippen LogP contribution in [0.5, 0.6) is 0 Å². The third kappa shape index (κ3) is 2.58. The van der Waals surface area contributed by atoms with E-state index in [0.29, 0.717) is 11.6 Å². The highest BCUT2D eigenvalue weighted by molar-refractivity contribution is 5.99. The highest BCUT2D eigenvalue weighted by atomic mass is 16.2. The molecule has 0 saturated heterocycles. The molecule has 4 nitrogen and oxygen atoms in total. The van der Waals surface area contributed by atoms with Crippen LogP contribution in [-0.4, -0.2) is 35.9 Å². The van der Waals surface area contributed by atoms with Crippen LogP contribution in [-0.2, 0) is 0 Å². The van der Waals surface area contributed by atoms with Crippen molar-refractivity contribution in [1.29, 1.82) is 0 Å². The van der Waals surface area contributed by atoms with Crippen molar-refractivity contribution < 1.29 is 4.79 Å². The summed E-state index contributed by atoms with van der Waals surface area (Å²) in [7, 11) is 3.74. The van der Waals surface area contributed by atoms with Crippen molar-refractivity contribution in [3.8, 4) is 0 Å². The quantitative estimate of drug-likeness (QED) is 0.937. The number of pyridine rings is 1. The molecule has 1 fully saturated rings. The van der Waals surface area contributed by atoms with E-state index in [4.69, 9.17) is 0 Å². The van der Waals surface area contributed by atoms with Crippen LogP contribution in [0.1, 0.15) is 30.3 Å². The average Bonchev–Trinajstić information content (AvgIpc) is 3.36. The van der Waals surface area contributed by atoms with Gasteiger partial charge in [-0.25, -0.2) is 4.98 Å². The number of fused-ring (bicyclic) bond motifs is 1. The number of hydrogen-bond donors (Lipinski definition) is 1. The zero-order valence-electron chi connectivity index (χ0n) is 12.8. The molecular weight excluding hydrogens is 262 g/mol. The molecule has 0 radical (unpaired) electrons. The van der Waals surface area contributed by atoms with E-state index in [1.165, 1.54) is 12.8 Å². The van der Waals surface area contributed by atoms with Crippen LogP contribution < -0.4 is 5.32 Å². The van der Waals surface area contributed by atoms with Gasteiger partial charge in [-0.1, -0.05) is 18.2 Å². The maximum Gasteiger partial charge on any atom is 0.272 e. The fraction of sp³-hybridized carbons (Fsp3) is 0.412. The Kier molecular flexibility index (Phi) is 3.53. The summed E-state index contributed by atoms with van der Waals surface area (Å²) in [6.45, 7) is 2.12. The van der Waals surface area contributed by atoms with Gasteiger partial charge in [-0.05, 0) is 37.8 Å². The Morgan fingerprint density at radius 1 is 1.38 bits per heavy atom. The molecule has 1 atom stereocenters. The third-order valence-corrected chi connectivity index (χ3v) is 4.44. The molecule has 4 heteroatoms. The summed E-state index contributed by atoms with van der Waals surface area (Å²) >= 11 is 0. The minimum Gasteiger partial charge on any atom is -0.388 e. The van der Waals surface area contributed by atoms with Crippen molar-refractivity contribution in [2.45, 2.75) is 25.8 Å². The number of anilines is 1. The zero-order chi connectivity index (χ0) is 15.0. The van der Waals surface area contributed by atoms with Crippen LogP contribution in [0.2, 0.25) is 0 Å². The standard InChI is InChI=1S/C17H21N3O/c1-11(12-8-9-12)20(3)17(21)16-10-15(18-2)13-6-4-5-7-14(13)19-16/h4-7,10-12H,8-9H2,1-3H3,(H,18,19). The second kappa shape index (κ2) is 5.35. The third-order valence-electron chi connectivity index (χ3n) is 4.44. The van der Waals surface area contributed by atoms with Crippen molar-refractivity contribution in [3.63, 3.8) is 0 Å². The monoisotopic (exact) mass is 283 g/mol. The first-order valence-electron chi connectivity index (χ1n) is 7.46. The van der Waals surface area contributed by atoms with Gasteiger partial charge in [-0.3, -0.25) is 4.79 Å². The van der Waals surface area contributed by atoms with Crippen LogP contribution in [0, 0.1) is 5.92 Å². The first-order chi connectivity index (χ1) is 10.1. The lowest BCUT2D eigenvalue weighted by molar-refractivity contribution is 0.0722. The Morgan fingerprint density at radius 3 is 2.76 bits per heavy atom. The molecule has 110 valence electrons. The number of nitrogens with one attached hydrogen (secondary N) is 1. The van der Waals surface area contributed by atoms with E-state index in [2.05, 4.69) is 17.2 Å². The highest BCUT2D eigenvalue weighted by Gasteiger charge is 2.33. The average molecular weight is 283 g/mol. The molecule has 0 bridgehead atoms. The van der Waals surface area contributed by atoms with E-state index in [0.717, 1.165) is 16.6 Å². The Labute approximate surface area is 125 Å². The van der Waals surface area contributed by atoms with Gasteiger partial charge in [0.1, 0.15) is 5.69 Å². The molecule has 1 aliphatic carbocycles. The summed E-state index contributed by atoms with van der Waals surface area (Å²) in [4.78, 5) is 19.0. The molecule has 1 unspecified atom stereocenters. The predicted octanol–water partition coefficient (Wildman–Crippen LogP) is 3.15. The Hall–Kier alpha value is -2.10. The molecule has 1 N–H and O–H groups in total. The lowest BCUT2D eigenvalue weighted by Crippen LogP contribution is -2.36. The van der Waals surface area contributed by atoms with E-state index >= 15 is 0 Å². The van der Waals surface area contributed by atoms with Crippen molar-refractivity contribution in [1.82, 2.24) is 9.88 Å². The van der Waals surface area contributed by atoms with Gasteiger partial charge in [0, 0.05) is 31.2 Å². The topological polar surface area (TPSA) is 45.2 Å². The van der Waals surface area contributed by atoms with Gasteiger partial charge < -0.3 is 10.2 Å². The molecule has 21 heavy (non-hydrogen) atoms. The summed E-state index contributed by atoms with van der Waals surface area (Å²) in [6, 6.07) is 10.0. The minimum absolute atomic E-state index is 0.00310. The van der Waals surface area contributed by atoms with E-state index in [1.54, 1.807) is 0 Å². The number of amides is 1. The predicted molar refractivity (Wildman–Crippen MR) is 85.6 cm³/mol. The lowest BCUT2D eigenvalue weighted by atomic mass is 10.1. The molecule has 1 aliphatic rings. The van der Waals surface area contributed by atoms with E-state index in [1.807, 2.05) is 49.3 Å². The normalized spacial score (nSPS) is 15.8. The van der Waals surface area contributed by atoms with Crippen LogP contribution in [0.3, 0.4) is 0 Å². The Bertz CT molecular complexity index is 679. The molecule has 1 saturated carbocycles. The van der Waals surface area contributed by atoms with Gasteiger partial charge in [-0.2, -0.15) is 0 Å². The number of para-hydroxylation sites is 1. The van der Waals surface area contributed by atoms with Crippen LogP contribution >= 0.6 is 0 Å². The zero-order valence-corrected chi connectivity index (χ0v) is 12.8. The SMILES string of the molecule is CNc1cc(C(=O)N(C)C(C)C2CC2)nc2ccccc12. The van der Waals surface area contributed by atoms with Crippen molar-refractivity contribution in [2.75, 3.05) is 19.4 Å². The van der Waals surface area contributed by atoms with Gasteiger partial charge in [-0.15, -0.1) is 0 Å². The smallest absolute Gasteiger partial charge is 0.272 e. The molecule has 0 spiro atoms. The molecule has 3 rings (SSSR count). The van der Waals surface area contributed by atoms with Gasteiger partial charge in [0.2, 0.25) is 0 Å². The number of benzene rings is 1. The van der Waals surface area contributed by atoms with E-state index < -0.39 is 0 Å². The number of hydrogen-bond acceptors (Lipinski definition) is 3. The fourth-order valence-electron chi connectivity index (χ4n) is 2.75. The molecule has 1 aromatic heterocycles. The number of aromatic nitrogens is 1. The second-order valence-corrected chi connectivity index (χ2v) is 5.82. The Balaban J connectivity index is 1.97. The summed E-state index contributed by atoms with van der Waals surface area (Å²) < 4.78 is 0. The van der Waals surface area contributed by atoms with Crippen LogP contribution in [0.4, 0.5) is 5.69 Å². The highest BCUT2D eigenvalue weighted by Crippen LogP contribution is 2.35. The van der Waals surface area contributed by atoms with Crippen LogP contribution in [0.25, 0.3) is 10.9 Å². The second-order valence-electron chi connectivity index (χ2n) is 5.82. The lowest BCUT2D eigenvalue weighted by Gasteiger charge is -2.24. The van der Waals surface area contributed by atoms with E-state index in [-0.39, 0.29) is 11.9 Å². The molecular formula is C17H21N3O. The van der Waals surface area contributed by atoms with Gasteiger partial charge in [0.15, 0.2) is 0 Å². The van der Waals surface area contributed by atoms with Gasteiger partial charge in [0.25, 0.3) is 5.91 Å². The largest absolute Gasteiger partial charge is 0.388 e. The molecule has 1 amide bonds. The van der Waals surface area contributed by atoms with Crippen molar-refractivity contribution in [3.05, 3.63) is 36.0 Å². The maximum atomic E-state index is 12.7. The number of nitrogens with zero attached hydrogens (tertiary/aromatic N) is 2. The molecule has 1 heterocycles. The van der Waals surface area contributed by atoms with E-state index in [9.17, 15) is 4.79 Å². The first kappa shape index (κ1) is 13.9. The van der Waals surface area contributed by atoms with Gasteiger partial charge >= 0.3 is 0 Å². The van der Waals surface area contributed by atoms with Gasteiger partial charge in [0.05, 0.1) is 5.52 Å². The Morgan fingerprint density at radius 2 is 2.10 bits per heavy atom. The molecule has 1 aromatic carbocycles. The number of rotatable bonds is 4. The maximum absolute atomic E-state index is 12.7. The summed E-state index contributed by atoms with van der Waals surface area (Å²) in [5, 5.41) is 4.19. The van der Waals surface area contributed by atoms with Crippen molar-refractivity contribution >= 4 is 22.5 Å².